The van der Waals surface area contributed by atoms with Crippen LogP contribution in [0.3, 0.4) is 0 Å². The minimum atomic E-state index is -5.33. The Balaban J connectivity index is 2.23. The Morgan fingerprint density at radius 2 is 2.00 bits per heavy atom. The molecule has 11 heteroatoms. The van der Waals surface area contributed by atoms with E-state index in [2.05, 4.69) is 32.6 Å². The van der Waals surface area contributed by atoms with E-state index in [-0.39, 0.29) is 5.56 Å². The zero-order chi connectivity index (χ0) is 20.9. The van der Waals surface area contributed by atoms with Crippen LogP contribution < -0.4 is 5.32 Å². The van der Waals surface area contributed by atoms with Crippen LogP contribution in [-0.4, -0.2) is 64.3 Å². The minimum absolute atomic E-state index is 0.102. The molecule has 0 radical (unpaired) electrons. The maximum absolute atomic E-state index is 12.5. The summed E-state index contributed by atoms with van der Waals surface area (Å²) in [6.45, 7) is 3.76. The molecular weight excluding hydrogens is 399 g/mol. The number of pyridine rings is 1. The molecular formula is C17H20F3N3O4S. The standard InChI is InChI=1S/C17H20F3N3O4S/c1-2-23-8-5-16(28,6-9-23)12(14(25)27-15(26)17(18,19)20)22-13(24)11-4-3-7-21-10-11/h3-4,7,10,12,28H,2,5-6,8-9H2,1H3,(H,22,24)/t12-/m0/s1. The third-order valence-corrected chi connectivity index (χ3v) is 5.27. The Morgan fingerprint density at radius 1 is 1.36 bits per heavy atom. The number of alkyl halides is 3. The molecule has 0 spiro atoms. The van der Waals surface area contributed by atoms with Gasteiger partial charge in [-0.25, -0.2) is 9.59 Å². The van der Waals surface area contributed by atoms with E-state index in [1.165, 1.54) is 24.5 Å². The number of aromatic nitrogens is 1. The van der Waals surface area contributed by atoms with E-state index in [0.29, 0.717) is 25.9 Å². The predicted octanol–water partition coefficient (Wildman–Crippen LogP) is 1.60. The first kappa shape index (κ1) is 22.2. The lowest BCUT2D eigenvalue weighted by molar-refractivity contribution is -0.202. The van der Waals surface area contributed by atoms with Gasteiger partial charge in [0.1, 0.15) is 6.04 Å². The van der Waals surface area contributed by atoms with Gasteiger partial charge in [0.25, 0.3) is 5.91 Å². The Bertz CT molecular complexity index is 722. The van der Waals surface area contributed by atoms with Gasteiger partial charge < -0.3 is 15.0 Å². The van der Waals surface area contributed by atoms with Crippen LogP contribution in [0, 0.1) is 0 Å². The summed E-state index contributed by atoms with van der Waals surface area (Å²) in [7, 11) is 0. The number of hydrogen-bond donors (Lipinski definition) is 2. The molecule has 2 rings (SSSR count). The van der Waals surface area contributed by atoms with Crippen molar-refractivity contribution in [2.24, 2.45) is 0 Å². The SMILES string of the molecule is CCN1CCC(S)([C@@H](NC(=O)c2cccnc2)C(=O)OC(=O)C(F)(F)F)CC1. The van der Waals surface area contributed by atoms with Gasteiger partial charge in [-0.1, -0.05) is 6.92 Å². The molecule has 0 bridgehead atoms. The largest absolute Gasteiger partial charge is 0.491 e. The van der Waals surface area contributed by atoms with E-state index in [1.54, 1.807) is 0 Å². The highest BCUT2D eigenvalue weighted by Gasteiger charge is 2.48. The number of halogens is 3. The van der Waals surface area contributed by atoms with Crippen molar-refractivity contribution in [3.63, 3.8) is 0 Å². The smallest absolute Gasteiger partial charge is 0.385 e. The fraction of sp³-hybridized carbons (Fsp3) is 0.529. The lowest BCUT2D eigenvalue weighted by atomic mass is 9.87. The Hall–Kier alpha value is -2.14. The highest BCUT2D eigenvalue weighted by Crippen LogP contribution is 2.33. The second-order valence-electron chi connectivity index (χ2n) is 6.39. The second kappa shape index (κ2) is 8.91. The van der Waals surface area contributed by atoms with Gasteiger partial charge >= 0.3 is 18.1 Å². The van der Waals surface area contributed by atoms with Gasteiger partial charge in [0.05, 0.1) is 5.56 Å². The van der Waals surface area contributed by atoms with Crippen LogP contribution in [-0.2, 0) is 14.3 Å². The van der Waals surface area contributed by atoms with Crippen LogP contribution in [0.4, 0.5) is 13.2 Å². The third-order valence-electron chi connectivity index (χ3n) is 4.57. The van der Waals surface area contributed by atoms with E-state index in [0.717, 1.165) is 6.54 Å². The number of rotatable bonds is 5. The Kier molecular flexibility index (Phi) is 7.05. The van der Waals surface area contributed by atoms with Crippen LogP contribution in [0.15, 0.2) is 24.5 Å². The quantitative estimate of drug-likeness (QED) is 0.428. The zero-order valence-electron chi connectivity index (χ0n) is 15.0. The van der Waals surface area contributed by atoms with E-state index in [1.807, 2.05) is 6.92 Å². The fourth-order valence-corrected chi connectivity index (χ4v) is 3.25. The van der Waals surface area contributed by atoms with Crippen LogP contribution in [0.1, 0.15) is 30.1 Å². The highest BCUT2D eigenvalue weighted by molar-refractivity contribution is 7.82. The molecule has 28 heavy (non-hydrogen) atoms. The number of amides is 1. The summed E-state index contributed by atoms with van der Waals surface area (Å²) in [6.07, 6.45) is -2.05. The maximum Gasteiger partial charge on any atom is 0.491 e. The van der Waals surface area contributed by atoms with E-state index in [9.17, 15) is 27.6 Å². The van der Waals surface area contributed by atoms with Crippen LogP contribution in [0.2, 0.25) is 0 Å². The van der Waals surface area contributed by atoms with Crippen molar-refractivity contribution in [3.05, 3.63) is 30.1 Å². The van der Waals surface area contributed by atoms with E-state index in [4.69, 9.17) is 0 Å². The van der Waals surface area contributed by atoms with Crippen molar-refractivity contribution >= 4 is 30.5 Å². The van der Waals surface area contributed by atoms with Gasteiger partial charge in [-0.2, -0.15) is 25.8 Å². The molecule has 0 aromatic carbocycles. The van der Waals surface area contributed by atoms with Gasteiger partial charge in [0.15, 0.2) is 0 Å². The summed E-state index contributed by atoms with van der Waals surface area (Å²) < 4.78 is 40.3. The number of nitrogens with one attached hydrogen (secondary N) is 1. The van der Waals surface area contributed by atoms with Crippen molar-refractivity contribution in [2.75, 3.05) is 19.6 Å². The topological polar surface area (TPSA) is 88.6 Å². The molecule has 0 saturated carbocycles. The number of piperidine rings is 1. The van der Waals surface area contributed by atoms with Crippen LogP contribution >= 0.6 is 12.6 Å². The molecule has 0 unspecified atom stereocenters. The number of ether oxygens (including phenoxy) is 1. The summed E-state index contributed by atoms with van der Waals surface area (Å²) in [5.74, 6) is -4.87. The summed E-state index contributed by atoms with van der Waals surface area (Å²) >= 11 is 4.50. The number of thiol groups is 1. The molecule has 1 amide bonds. The monoisotopic (exact) mass is 419 g/mol. The molecule has 1 aromatic rings. The molecule has 1 aromatic heterocycles. The van der Waals surface area contributed by atoms with Crippen molar-refractivity contribution in [2.45, 2.75) is 36.7 Å². The molecule has 1 aliphatic heterocycles. The molecule has 154 valence electrons. The van der Waals surface area contributed by atoms with Crippen LogP contribution in [0.25, 0.3) is 0 Å². The van der Waals surface area contributed by atoms with Gasteiger partial charge in [-0.3, -0.25) is 9.78 Å². The van der Waals surface area contributed by atoms with Gasteiger partial charge in [-0.15, -0.1) is 0 Å². The molecule has 1 aliphatic rings. The van der Waals surface area contributed by atoms with Gasteiger partial charge in [0, 0.05) is 17.1 Å². The lowest BCUT2D eigenvalue weighted by Gasteiger charge is -2.42. The van der Waals surface area contributed by atoms with E-state index >= 15 is 0 Å². The first-order valence-electron chi connectivity index (χ1n) is 8.55. The Labute approximate surface area is 165 Å². The summed E-state index contributed by atoms with van der Waals surface area (Å²) in [4.78, 5) is 41.8. The first-order chi connectivity index (χ1) is 13.1. The van der Waals surface area contributed by atoms with Crippen molar-refractivity contribution in [1.29, 1.82) is 0 Å². The maximum atomic E-state index is 12.5. The average Bonchev–Trinajstić information content (AvgIpc) is 2.66. The molecule has 0 aliphatic carbocycles. The fourth-order valence-electron chi connectivity index (χ4n) is 2.88. The minimum Gasteiger partial charge on any atom is -0.385 e. The third kappa shape index (κ3) is 5.44. The number of carbonyl (C=O) groups is 3. The molecule has 1 N–H and O–H groups in total. The summed E-state index contributed by atoms with van der Waals surface area (Å²) in [6, 6.07) is 1.37. The van der Waals surface area contributed by atoms with Crippen molar-refractivity contribution in [1.82, 2.24) is 15.2 Å². The number of nitrogens with zero attached hydrogens (tertiary/aromatic N) is 2. The predicted molar refractivity (Wildman–Crippen MR) is 95.7 cm³/mol. The number of hydrogen-bond acceptors (Lipinski definition) is 7. The zero-order valence-corrected chi connectivity index (χ0v) is 15.9. The molecule has 1 atom stereocenters. The first-order valence-corrected chi connectivity index (χ1v) is 9.00. The van der Waals surface area contributed by atoms with Crippen LogP contribution in [0.5, 0.6) is 0 Å². The van der Waals surface area contributed by atoms with Gasteiger partial charge in [-0.05, 0) is 44.6 Å². The second-order valence-corrected chi connectivity index (χ2v) is 7.28. The van der Waals surface area contributed by atoms with Crippen molar-refractivity contribution in [3.8, 4) is 0 Å². The molecule has 2 heterocycles. The highest BCUT2D eigenvalue weighted by atomic mass is 32.1. The Morgan fingerprint density at radius 3 is 2.50 bits per heavy atom. The number of likely N-dealkylation sites (tertiary alicyclic amines) is 1. The normalized spacial score (nSPS) is 18.2. The molecule has 1 fully saturated rings. The van der Waals surface area contributed by atoms with E-state index < -0.39 is 34.8 Å². The summed E-state index contributed by atoms with van der Waals surface area (Å²) in [5, 5.41) is 2.37. The molecule has 7 nitrogen and oxygen atoms in total. The summed E-state index contributed by atoms with van der Waals surface area (Å²) in [5.41, 5.74) is 0.102. The molecule has 1 saturated heterocycles. The van der Waals surface area contributed by atoms with Gasteiger partial charge in [0.2, 0.25) is 0 Å². The number of carbonyl (C=O) groups excluding carboxylic acids is 3. The van der Waals surface area contributed by atoms with Crippen molar-refractivity contribution < 1.29 is 32.3 Å². The number of esters is 2. The lowest BCUT2D eigenvalue weighted by Crippen LogP contribution is -2.59. The average molecular weight is 419 g/mol.